The molecule has 1 aliphatic rings. The Morgan fingerprint density at radius 2 is 1.88 bits per heavy atom. The Hall–Kier alpha value is -3.02. The van der Waals surface area contributed by atoms with Gasteiger partial charge in [-0.15, -0.1) is 0 Å². The fraction of sp³-hybridized carbons (Fsp3) is 0.263. The highest BCUT2D eigenvalue weighted by Gasteiger charge is 2.16. The normalized spacial score (nSPS) is 14.2. The summed E-state index contributed by atoms with van der Waals surface area (Å²) in [5, 5.41) is 6.68. The lowest BCUT2D eigenvalue weighted by atomic mass is 10.1. The van der Waals surface area contributed by atoms with Crippen molar-refractivity contribution in [2.45, 2.75) is 13.0 Å². The Morgan fingerprint density at radius 3 is 2.60 bits per heavy atom. The third-order valence-electron chi connectivity index (χ3n) is 3.89. The van der Waals surface area contributed by atoms with Crippen LogP contribution in [0.25, 0.3) is 0 Å². The zero-order valence-electron chi connectivity index (χ0n) is 14.2. The molecule has 0 saturated heterocycles. The maximum atomic E-state index is 12.4. The second-order valence-corrected chi connectivity index (χ2v) is 5.64. The van der Waals surface area contributed by atoms with Crippen LogP contribution in [0.5, 0.6) is 11.5 Å². The Kier molecular flexibility index (Phi) is 5.18. The van der Waals surface area contributed by atoms with Crippen LogP contribution in [-0.4, -0.2) is 32.4 Å². The second-order valence-electron chi connectivity index (χ2n) is 5.64. The standard InChI is InChI=1S/C19H20N2O4/c1-13(16-7-8-17-18(11-16)25-10-9-24-17)21-19(22)15-5-3-14(4-6-15)12-20-23-2/h3-8,11-13H,9-10H2,1-2H3,(H,21,22)/b20-12+. The molecule has 1 aliphatic heterocycles. The highest BCUT2D eigenvalue weighted by Crippen LogP contribution is 2.32. The molecule has 2 aromatic rings. The SMILES string of the molecule is CO/N=C/c1ccc(C(=O)NC(C)c2ccc3c(c2)OCCO3)cc1. The Morgan fingerprint density at radius 1 is 1.16 bits per heavy atom. The van der Waals surface area contributed by atoms with E-state index in [2.05, 4.69) is 15.3 Å². The van der Waals surface area contributed by atoms with Gasteiger partial charge in [-0.05, 0) is 42.3 Å². The molecule has 6 nitrogen and oxygen atoms in total. The van der Waals surface area contributed by atoms with E-state index in [0.29, 0.717) is 24.5 Å². The number of amides is 1. The molecule has 0 saturated carbocycles. The van der Waals surface area contributed by atoms with E-state index in [9.17, 15) is 4.79 Å². The van der Waals surface area contributed by atoms with Gasteiger partial charge in [-0.3, -0.25) is 4.79 Å². The highest BCUT2D eigenvalue weighted by molar-refractivity contribution is 5.95. The summed E-state index contributed by atoms with van der Waals surface area (Å²) in [6.07, 6.45) is 1.58. The van der Waals surface area contributed by atoms with Crippen molar-refractivity contribution in [3.63, 3.8) is 0 Å². The Bertz CT molecular complexity index is 771. The van der Waals surface area contributed by atoms with Crippen molar-refractivity contribution >= 4 is 12.1 Å². The maximum absolute atomic E-state index is 12.4. The van der Waals surface area contributed by atoms with Gasteiger partial charge in [0.1, 0.15) is 20.3 Å². The molecule has 2 aromatic carbocycles. The van der Waals surface area contributed by atoms with Crippen LogP contribution >= 0.6 is 0 Å². The molecule has 1 amide bonds. The molecule has 0 aliphatic carbocycles. The number of rotatable bonds is 5. The number of carbonyl (C=O) groups excluding carboxylic acids is 1. The van der Waals surface area contributed by atoms with Crippen LogP contribution in [0, 0.1) is 0 Å². The van der Waals surface area contributed by atoms with Crippen LogP contribution in [0.15, 0.2) is 47.6 Å². The molecule has 1 N–H and O–H groups in total. The molecule has 1 heterocycles. The lowest BCUT2D eigenvalue weighted by Gasteiger charge is -2.21. The molecule has 3 rings (SSSR count). The summed E-state index contributed by atoms with van der Waals surface area (Å²) in [5.41, 5.74) is 2.40. The van der Waals surface area contributed by atoms with Crippen LogP contribution in [0.2, 0.25) is 0 Å². The minimum Gasteiger partial charge on any atom is -0.486 e. The summed E-state index contributed by atoms with van der Waals surface area (Å²) in [6, 6.07) is 12.7. The number of nitrogens with zero attached hydrogens (tertiary/aromatic N) is 1. The summed E-state index contributed by atoms with van der Waals surface area (Å²) in [6.45, 7) is 3.03. The predicted molar refractivity (Wildman–Crippen MR) is 94.4 cm³/mol. The first-order chi connectivity index (χ1) is 12.2. The number of fused-ring (bicyclic) bond motifs is 1. The number of oxime groups is 1. The van der Waals surface area contributed by atoms with Crippen LogP contribution in [-0.2, 0) is 4.84 Å². The van der Waals surface area contributed by atoms with Crippen molar-refractivity contribution in [2.75, 3.05) is 20.3 Å². The van der Waals surface area contributed by atoms with Crippen LogP contribution in [0.4, 0.5) is 0 Å². The second kappa shape index (κ2) is 7.70. The van der Waals surface area contributed by atoms with E-state index in [4.69, 9.17) is 9.47 Å². The van der Waals surface area contributed by atoms with Gasteiger partial charge in [0.2, 0.25) is 0 Å². The third-order valence-corrected chi connectivity index (χ3v) is 3.89. The first-order valence-corrected chi connectivity index (χ1v) is 8.04. The molecule has 6 heteroatoms. The first-order valence-electron chi connectivity index (χ1n) is 8.04. The van der Waals surface area contributed by atoms with Crippen molar-refractivity contribution in [1.29, 1.82) is 0 Å². The van der Waals surface area contributed by atoms with Crippen molar-refractivity contribution in [3.8, 4) is 11.5 Å². The first kappa shape index (κ1) is 16.8. The van der Waals surface area contributed by atoms with Crippen molar-refractivity contribution in [3.05, 3.63) is 59.2 Å². The van der Waals surface area contributed by atoms with E-state index in [0.717, 1.165) is 16.9 Å². The van der Waals surface area contributed by atoms with E-state index >= 15 is 0 Å². The molecule has 1 unspecified atom stereocenters. The zero-order valence-corrected chi connectivity index (χ0v) is 14.2. The summed E-state index contributed by atoms with van der Waals surface area (Å²) < 4.78 is 11.1. The van der Waals surface area contributed by atoms with Gasteiger partial charge in [-0.25, -0.2) is 0 Å². The van der Waals surface area contributed by atoms with Crippen LogP contribution in [0.3, 0.4) is 0 Å². The van der Waals surface area contributed by atoms with Gasteiger partial charge in [-0.2, -0.15) is 0 Å². The zero-order chi connectivity index (χ0) is 17.6. The smallest absolute Gasteiger partial charge is 0.251 e. The largest absolute Gasteiger partial charge is 0.486 e. The summed E-state index contributed by atoms with van der Waals surface area (Å²) in [5.74, 6) is 1.31. The van der Waals surface area contributed by atoms with E-state index in [1.165, 1.54) is 7.11 Å². The number of nitrogens with one attached hydrogen (secondary N) is 1. The molecule has 0 bridgehead atoms. The molecular weight excluding hydrogens is 320 g/mol. The van der Waals surface area contributed by atoms with Gasteiger partial charge in [0.15, 0.2) is 11.5 Å². The van der Waals surface area contributed by atoms with Crippen LogP contribution < -0.4 is 14.8 Å². The van der Waals surface area contributed by atoms with E-state index in [1.807, 2.05) is 37.3 Å². The van der Waals surface area contributed by atoms with Gasteiger partial charge >= 0.3 is 0 Å². The lowest BCUT2D eigenvalue weighted by Crippen LogP contribution is -2.26. The van der Waals surface area contributed by atoms with Crippen LogP contribution in [0.1, 0.15) is 34.5 Å². The Balaban J connectivity index is 1.67. The average Bonchev–Trinajstić information content (AvgIpc) is 2.66. The van der Waals surface area contributed by atoms with E-state index in [1.54, 1.807) is 18.3 Å². The lowest BCUT2D eigenvalue weighted by molar-refractivity contribution is 0.0939. The summed E-state index contributed by atoms with van der Waals surface area (Å²) in [4.78, 5) is 17.1. The van der Waals surface area contributed by atoms with Crippen molar-refractivity contribution in [1.82, 2.24) is 5.32 Å². The monoisotopic (exact) mass is 340 g/mol. The topological polar surface area (TPSA) is 69.2 Å². The minimum atomic E-state index is -0.155. The molecule has 0 spiro atoms. The number of ether oxygens (including phenoxy) is 2. The molecule has 0 aromatic heterocycles. The maximum Gasteiger partial charge on any atom is 0.251 e. The summed E-state index contributed by atoms with van der Waals surface area (Å²) >= 11 is 0. The molecule has 1 atom stereocenters. The molecule has 25 heavy (non-hydrogen) atoms. The minimum absolute atomic E-state index is 0.141. The molecule has 0 fully saturated rings. The third kappa shape index (κ3) is 4.09. The fourth-order valence-corrected chi connectivity index (χ4v) is 2.53. The van der Waals surface area contributed by atoms with Crippen molar-refractivity contribution < 1.29 is 19.1 Å². The predicted octanol–water partition coefficient (Wildman–Crippen LogP) is 2.93. The van der Waals surface area contributed by atoms with E-state index in [-0.39, 0.29) is 11.9 Å². The van der Waals surface area contributed by atoms with Gasteiger partial charge in [0.25, 0.3) is 5.91 Å². The fourth-order valence-electron chi connectivity index (χ4n) is 2.53. The highest BCUT2D eigenvalue weighted by atomic mass is 16.6. The van der Waals surface area contributed by atoms with Gasteiger partial charge in [-0.1, -0.05) is 23.4 Å². The Labute approximate surface area is 146 Å². The molecular formula is C19H20N2O4. The molecule has 130 valence electrons. The summed E-state index contributed by atoms with van der Waals surface area (Å²) in [7, 11) is 1.48. The van der Waals surface area contributed by atoms with Gasteiger partial charge < -0.3 is 19.6 Å². The number of carbonyl (C=O) groups is 1. The van der Waals surface area contributed by atoms with Gasteiger partial charge in [0.05, 0.1) is 12.3 Å². The number of hydrogen-bond acceptors (Lipinski definition) is 5. The number of hydrogen-bond donors (Lipinski definition) is 1. The van der Waals surface area contributed by atoms with E-state index < -0.39 is 0 Å². The van der Waals surface area contributed by atoms with Crippen molar-refractivity contribution in [2.24, 2.45) is 5.16 Å². The average molecular weight is 340 g/mol. The number of benzene rings is 2. The molecule has 0 radical (unpaired) electrons. The van der Waals surface area contributed by atoms with Gasteiger partial charge in [0, 0.05) is 5.56 Å². The quantitative estimate of drug-likeness (QED) is 0.671.